The summed E-state index contributed by atoms with van der Waals surface area (Å²) in [7, 11) is 0. The maximum atomic E-state index is 12.9. The minimum atomic E-state index is -5.05. The maximum Gasteiger partial charge on any atom is 0.454 e. The number of carbonyl (C=O) groups is 1. The van der Waals surface area contributed by atoms with E-state index in [1.54, 1.807) is 0 Å². The largest absolute Gasteiger partial charge is 0.454 e. The van der Waals surface area contributed by atoms with Gasteiger partial charge in [0.05, 0.1) is 5.02 Å². The maximum absolute atomic E-state index is 12.9. The molecule has 0 amide bonds. The highest BCUT2D eigenvalue weighted by atomic mass is 35.5. The van der Waals surface area contributed by atoms with Gasteiger partial charge in [-0.05, 0) is 24.6 Å². The van der Waals surface area contributed by atoms with Crippen molar-refractivity contribution in [2.75, 3.05) is 0 Å². The van der Waals surface area contributed by atoms with Crippen LogP contribution in [-0.2, 0) is 0 Å². The Bertz CT molecular complexity index is 411. The zero-order valence-corrected chi connectivity index (χ0v) is 8.21. The normalized spacial score (nSPS) is 11.6. The first-order chi connectivity index (χ1) is 6.73. The molecule has 0 saturated heterocycles. The molecule has 82 valence electrons. The first-order valence-electron chi connectivity index (χ1n) is 3.80. The van der Waals surface area contributed by atoms with Crippen LogP contribution in [0.15, 0.2) is 12.1 Å². The molecule has 0 N–H and O–H groups in total. The molecule has 0 aliphatic rings. The van der Waals surface area contributed by atoms with Crippen molar-refractivity contribution in [1.82, 2.24) is 0 Å². The Hall–Kier alpha value is -1.10. The third-order valence-corrected chi connectivity index (χ3v) is 2.06. The van der Waals surface area contributed by atoms with E-state index in [-0.39, 0.29) is 5.56 Å². The standard InChI is InChI=1S/C9H5ClF4O/c1-4-2-6(10)5(3-7(4)11)8(15)9(12,13)14/h2-3H,1H3. The molecule has 0 heterocycles. The van der Waals surface area contributed by atoms with Crippen LogP contribution in [0.1, 0.15) is 15.9 Å². The second-order valence-electron chi connectivity index (χ2n) is 2.91. The molecule has 1 aromatic carbocycles. The number of benzene rings is 1. The highest BCUT2D eigenvalue weighted by molar-refractivity contribution is 6.34. The average Bonchev–Trinajstić information content (AvgIpc) is 2.08. The summed E-state index contributed by atoms with van der Waals surface area (Å²) in [5.74, 6) is -3.04. The van der Waals surface area contributed by atoms with Crippen molar-refractivity contribution in [2.45, 2.75) is 13.1 Å². The molecule has 0 saturated carbocycles. The number of hydrogen-bond donors (Lipinski definition) is 0. The van der Waals surface area contributed by atoms with Crippen molar-refractivity contribution in [3.8, 4) is 0 Å². The second kappa shape index (κ2) is 3.81. The Balaban J connectivity index is 3.28. The summed E-state index contributed by atoms with van der Waals surface area (Å²) >= 11 is 5.41. The van der Waals surface area contributed by atoms with Gasteiger partial charge >= 0.3 is 6.18 Å². The highest BCUT2D eigenvalue weighted by Gasteiger charge is 2.40. The lowest BCUT2D eigenvalue weighted by molar-refractivity contribution is -0.0885. The monoisotopic (exact) mass is 240 g/mol. The van der Waals surface area contributed by atoms with Crippen molar-refractivity contribution < 1.29 is 22.4 Å². The van der Waals surface area contributed by atoms with Gasteiger partial charge in [-0.3, -0.25) is 4.79 Å². The molecule has 0 aliphatic carbocycles. The van der Waals surface area contributed by atoms with Crippen LogP contribution in [0.4, 0.5) is 17.6 Å². The second-order valence-corrected chi connectivity index (χ2v) is 3.32. The van der Waals surface area contributed by atoms with Gasteiger partial charge in [0.15, 0.2) is 0 Å². The summed E-state index contributed by atoms with van der Waals surface area (Å²) in [6, 6.07) is 1.48. The van der Waals surface area contributed by atoms with Crippen molar-refractivity contribution >= 4 is 17.4 Å². The van der Waals surface area contributed by atoms with Crippen molar-refractivity contribution in [2.24, 2.45) is 0 Å². The number of rotatable bonds is 1. The topological polar surface area (TPSA) is 17.1 Å². The number of Topliss-reactive ketones (excluding diaryl/α,β-unsaturated/α-hetero) is 1. The van der Waals surface area contributed by atoms with Crippen LogP contribution in [0, 0.1) is 12.7 Å². The van der Waals surface area contributed by atoms with Gasteiger partial charge in [-0.2, -0.15) is 13.2 Å². The molecule has 1 rings (SSSR count). The SMILES string of the molecule is Cc1cc(Cl)c(C(=O)C(F)(F)F)cc1F. The minimum Gasteiger partial charge on any atom is -0.284 e. The van der Waals surface area contributed by atoms with E-state index in [0.29, 0.717) is 6.07 Å². The summed E-state index contributed by atoms with van der Waals surface area (Å²) < 4.78 is 49.0. The molecule has 0 bridgehead atoms. The minimum absolute atomic E-state index is 0.0822. The van der Waals surface area contributed by atoms with E-state index in [1.165, 1.54) is 6.92 Å². The third-order valence-electron chi connectivity index (χ3n) is 1.75. The van der Waals surface area contributed by atoms with Gasteiger partial charge in [0.2, 0.25) is 0 Å². The van der Waals surface area contributed by atoms with Crippen LogP contribution in [-0.4, -0.2) is 12.0 Å². The van der Waals surface area contributed by atoms with Crippen LogP contribution in [0.3, 0.4) is 0 Å². The molecule has 0 radical (unpaired) electrons. The molecule has 6 heteroatoms. The van der Waals surface area contributed by atoms with Crippen molar-refractivity contribution in [3.63, 3.8) is 0 Å². The molecular formula is C9H5ClF4O. The van der Waals surface area contributed by atoms with Crippen LogP contribution in [0.5, 0.6) is 0 Å². The number of aryl methyl sites for hydroxylation is 1. The van der Waals surface area contributed by atoms with Crippen LogP contribution >= 0.6 is 11.6 Å². The van der Waals surface area contributed by atoms with Gasteiger partial charge in [0.1, 0.15) is 5.82 Å². The summed E-state index contributed by atoms with van der Waals surface area (Å²) in [5, 5.41) is -0.406. The first-order valence-corrected chi connectivity index (χ1v) is 4.18. The molecule has 0 aromatic heterocycles. The quantitative estimate of drug-likeness (QED) is 0.542. The van der Waals surface area contributed by atoms with Crippen molar-refractivity contribution in [1.29, 1.82) is 0 Å². The van der Waals surface area contributed by atoms with Crippen LogP contribution in [0.2, 0.25) is 5.02 Å². The van der Waals surface area contributed by atoms with E-state index >= 15 is 0 Å². The van der Waals surface area contributed by atoms with E-state index in [9.17, 15) is 22.4 Å². The molecule has 15 heavy (non-hydrogen) atoms. The third kappa shape index (κ3) is 2.47. The zero-order valence-electron chi connectivity index (χ0n) is 7.45. The summed E-state index contributed by atoms with van der Waals surface area (Å²) in [6.45, 7) is 1.34. The van der Waals surface area contributed by atoms with Gasteiger partial charge in [-0.25, -0.2) is 4.39 Å². The molecule has 0 atom stereocenters. The number of carbonyl (C=O) groups excluding carboxylic acids is 1. The molecule has 1 nitrogen and oxygen atoms in total. The predicted molar refractivity (Wildman–Crippen MR) is 46.5 cm³/mol. The molecule has 0 fully saturated rings. The van der Waals surface area contributed by atoms with Gasteiger partial charge in [0, 0.05) is 5.56 Å². The number of alkyl halides is 3. The van der Waals surface area contributed by atoms with E-state index < -0.39 is 28.4 Å². The molecule has 0 spiro atoms. The number of halogens is 5. The Labute approximate surface area is 87.7 Å². The Kier molecular flexibility index (Phi) is 3.04. The van der Waals surface area contributed by atoms with E-state index in [1.807, 2.05) is 0 Å². The van der Waals surface area contributed by atoms with E-state index in [0.717, 1.165) is 6.07 Å². The molecule has 0 unspecified atom stereocenters. The number of hydrogen-bond acceptors (Lipinski definition) is 1. The molecular weight excluding hydrogens is 236 g/mol. The Morgan fingerprint density at radius 2 is 1.87 bits per heavy atom. The van der Waals surface area contributed by atoms with Gasteiger partial charge in [-0.1, -0.05) is 11.6 Å². The van der Waals surface area contributed by atoms with E-state index in [2.05, 4.69) is 0 Å². The van der Waals surface area contributed by atoms with Crippen LogP contribution < -0.4 is 0 Å². The summed E-state index contributed by atoms with van der Waals surface area (Å²) in [5.41, 5.74) is -0.786. The first kappa shape index (κ1) is 12.0. The lowest BCUT2D eigenvalue weighted by Gasteiger charge is -2.08. The molecule has 1 aromatic rings. The van der Waals surface area contributed by atoms with Gasteiger partial charge in [0.25, 0.3) is 5.78 Å². The average molecular weight is 241 g/mol. The van der Waals surface area contributed by atoms with Gasteiger partial charge < -0.3 is 0 Å². The Morgan fingerprint density at radius 3 is 2.33 bits per heavy atom. The van der Waals surface area contributed by atoms with Gasteiger partial charge in [-0.15, -0.1) is 0 Å². The number of ketones is 1. The summed E-state index contributed by atoms with van der Waals surface area (Å²) in [6.07, 6.45) is -5.05. The smallest absolute Gasteiger partial charge is 0.284 e. The van der Waals surface area contributed by atoms with Crippen molar-refractivity contribution in [3.05, 3.63) is 34.1 Å². The molecule has 0 aliphatic heterocycles. The lowest BCUT2D eigenvalue weighted by Crippen LogP contribution is -2.23. The fourth-order valence-corrected chi connectivity index (χ4v) is 1.28. The summed E-state index contributed by atoms with van der Waals surface area (Å²) in [4.78, 5) is 10.8. The lowest BCUT2D eigenvalue weighted by atomic mass is 10.1. The Morgan fingerprint density at radius 1 is 1.33 bits per heavy atom. The van der Waals surface area contributed by atoms with Crippen LogP contribution in [0.25, 0.3) is 0 Å². The predicted octanol–water partition coefficient (Wildman–Crippen LogP) is 3.53. The zero-order chi connectivity index (χ0) is 11.8. The fourth-order valence-electron chi connectivity index (χ4n) is 0.973. The highest BCUT2D eigenvalue weighted by Crippen LogP contribution is 2.27. The fraction of sp³-hybridized carbons (Fsp3) is 0.222. The van der Waals surface area contributed by atoms with E-state index in [4.69, 9.17) is 11.6 Å².